The molecule has 10 heteroatoms. The number of nitrogens with one attached hydrogen (secondary N) is 2. The maximum atomic E-state index is 12.9. The lowest BCUT2D eigenvalue weighted by Crippen LogP contribution is -2.21. The Morgan fingerprint density at radius 1 is 1.11 bits per heavy atom. The molecule has 144 valence electrons. The topological polar surface area (TPSA) is 88.9 Å². The van der Waals surface area contributed by atoms with Gasteiger partial charge in [0.1, 0.15) is 12.4 Å². The second kappa shape index (κ2) is 8.37. The van der Waals surface area contributed by atoms with Crippen molar-refractivity contribution >= 4 is 46.4 Å². The normalized spacial score (nSPS) is 10.6. The van der Waals surface area contributed by atoms with Crippen LogP contribution in [0.3, 0.4) is 0 Å². The van der Waals surface area contributed by atoms with Crippen molar-refractivity contribution in [2.45, 2.75) is 13.5 Å². The van der Waals surface area contributed by atoms with Crippen molar-refractivity contribution < 1.29 is 14.0 Å². The second-order valence-corrected chi connectivity index (χ2v) is 6.66. The first kappa shape index (κ1) is 19.8. The minimum absolute atomic E-state index is 0.0469. The lowest BCUT2D eigenvalue weighted by molar-refractivity contribution is -0.117. The number of hydrogen-bond donors (Lipinski definition) is 2. The zero-order valence-corrected chi connectivity index (χ0v) is 16.1. The zero-order valence-electron chi connectivity index (χ0n) is 14.5. The van der Waals surface area contributed by atoms with E-state index in [1.165, 1.54) is 35.0 Å². The van der Waals surface area contributed by atoms with E-state index in [0.29, 0.717) is 27.1 Å². The summed E-state index contributed by atoms with van der Waals surface area (Å²) in [6, 6.07) is 10.0. The van der Waals surface area contributed by atoms with E-state index in [-0.39, 0.29) is 12.2 Å². The van der Waals surface area contributed by atoms with E-state index < -0.39 is 17.6 Å². The Morgan fingerprint density at radius 2 is 1.82 bits per heavy atom. The smallest absolute Gasteiger partial charge is 0.278 e. The van der Waals surface area contributed by atoms with E-state index in [0.717, 1.165) is 0 Å². The van der Waals surface area contributed by atoms with E-state index in [9.17, 15) is 14.0 Å². The van der Waals surface area contributed by atoms with Gasteiger partial charge in [-0.3, -0.25) is 9.59 Å². The van der Waals surface area contributed by atoms with Crippen LogP contribution in [-0.4, -0.2) is 26.8 Å². The summed E-state index contributed by atoms with van der Waals surface area (Å²) in [4.78, 5) is 24.6. The molecule has 1 heterocycles. The van der Waals surface area contributed by atoms with Gasteiger partial charge in [-0.05, 0) is 49.4 Å². The predicted molar refractivity (Wildman–Crippen MR) is 104 cm³/mol. The molecule has 0 saturated heterocycles. The highest BCUT2D eigenvalue weighted by Crippen LogP contribution is 2.26. The lowest BCUT2D eigenvalue weighted by atomic mass is 10.2. The van der Waals surface area contributed by atoms with Gasteiger partial charge in [0, 0.05) is 10.7 Å². The molecule has 0 bridgehead atoms. The van der Waals surface area contributed by atoms with Gasteiger partial charge >= 0.3 is 0 Å². The summed E-state index contributed by atoms with van der Waals surface area (Å²) in [5.74, 6) is -1.34. The summed E-state index contributed by atoms with van der Waals surface area (Å²) in [5, 5.41) is 13.6. The highest BCUT2D eigenvalue weighted by Gasteiger charge is 2.19. The molecule has 0 fully saturated rings. The third kappa shape index (κ3) is 4.65. The number of anilines is 2. The molecule has 0 radical (unpaired) electrons. The van der Waals surface area contributed by atoms with Gasteiger partial charge in [-0.1, -0.05) is 28.4 Å². The maximum absolute atomic E-state index is 12.9. The number of rotatable bonds is 5. The van der Waals surface area contributed by atoms with Gasteiger partial charge in [-0.15, -0.1) is 5.10 Å². The van der Waals surface area contributed by atoms with Crippen LogP contribution in [0.4, 0.5) is 15.8 Å². The first-order valence-electron chi connectivity index (χ1n) is 8.05. The first-order chi connectivity index (χ1) is 13.3. The molecule has 2 aromatic carbocycles. The molecule has 1 aromatic heterocycles. The maximum Gasteiger partial charge on any atom is 0.278 e. The third-order valence-electron chi connectivity index (χ3n) is 3.80. The van der Waals surface area contributed by atoms with Crippen LogP contribution in [-0.2, 0) is 11.3 Å². The van der Waals surface area contributed by atoms with Crippen LogP contribution in [0.2, 0.25) is 10.0 Å². The van der Waals surface area contributed by atoms with Crippen molar-refractivity contribution in [3.63, 3.8) is 0 Å². The van der Waals surface area contributed by atoms with Crippen LogP contribution in [0.5, 0.6) is 0 Å². The zero-order chi connectivity index (χ0) is 20.3. The van der Waals surface area contributed by atoms with E-state index in [1.54, 1.807) is 19.1 Å². The van der Waals surface area contributed by atoms with Crippen LogP contribution in [0.1, 0.15) is 16.2 Å². The molecular weight excluding hydrogens is 408 g/mol. The van der Waals surface area contributed by atoms with Crippen LogP contribution < -0.4 is 10.6 Å². The molecular formula is C18H14Cl2FN5O2. The Bertz CT molecular complexity index is 1040. The van der Waals surface area contributed by atoms with E-state index >= 15 is 0 Å². The van der Waals surface area contributed by atoms with E-state index in [4.69, 9.17) is 23.2 Å². The molecule has 0 aliphatic rings. The fourth-order valence-electron chi connectivity index (χ4n) is 2.36. The summed E-state index contributed by atoms with van der Waals surface area (Å²) in [5.41, 5.74) is 1.22. The molecule has 2 amide bonds. The summed E-state index contributed by atoms with van der Waals surface area (Å²) >= 11 is 11.9. The Kier molecular flexibility index (Phi) is 5.91. The Balaban J connectivity index is 1.69. The molecule has 3 rings (SSSR count). The van der Waals surface area contributed by atoms with Gasteiger partial charge in [-0.2, -0.15) is 0 Å². The molecule has 3 aromatic rings. The van der Waals surface area contributed by atoms with Gasteiger partial charge in [0.2, 0.25) is 5.91 Å². The van der Waals surface area contributed by atoms with Crippen LogP contribution in [0.15, 0.2) is 42.5 Å². The number of benzene rings is 2. The average molecular weight is 422 g/mol. The summed E-state index contributed by atoms with van der Waals surface area (Å²) < 4.78 is 14.2. The number of amides is 2. The molecule has 0 aliphatic heterocycles. The largest absolute Gasteiger partial charge is 0.324 e. The van der Waals surface area contributed by atoms with Gasteiger partial charge in [0.15, 0.2) is 5.69 Å². The number of hydrogen-bond acceptors (Lipinski definition) is 4. The standard InChI is InChI=1S/C18H14Cl2FN5O2/c1-10-17(18(28)23-15-8-11(19)2-7-14(15)20)24-25-26(10)9-16(27)22-13-5-3-12(21)4-6-13/h2-8H,9H2,1H3,(H,22,27)(H,23,28). The Hall–Kier alpha value is -2.97. The van der Waals surface area contributed by atoms with Gasteiger partial charge < -0.3 is 10.6 Å². The summed E-state index contributed by atoms with van der Waals surface area (Å²) in [7, 11) is 0. The number of carbonyl (C=O) groups is 2. The van der Waals surface area contributed by atoms with Gasteiger partial charge in [0.05, 0.1) is 16.4 Å². The fourth-order valence-corrected chi connectivity index (χ4v) is 2.70. The summed E-state index contributed by atoms with van der Waals surface area (Å²) in [6.07, 6.45) is 0. The highest BCUT2D eigenvalue weighted by molar-refractivity contribution is 6.35. The summed E-state index contributed by atoms with van der Waals surface area (Å²) in [6.45, 7) is 1.45. The molecule has 2 N–H and O–H groups in total. The van der Waals surface area contributed by atoms with Crippen molar-refractivity contribution in [1.29, 1.82) is 0 Å². The molecule has 7 nitrogen and oxygen atoms in total. The van der Waals surface area contributed by atoms with Crippen molar-refractivity contribution in [3.05, 3.63) is 69.7 Å². The molecule has 0 saturated carbocycles. The minimum Gasteiger partial charge on any atom is -0.324 e. The molecule has 0 aliphatic carbocycles. The van der Waals surface area contributed by atoms with Crippen molar-refractivity contribution in [2.24, 2.45) is 0 Å². The van der Waals surface area contributed by atoms with Crippen LogP contribution >= 0.6 is 23.2 Å². The minimum atomic E-state index is -0.535. The van der Waals surface area contributed by atoms with Crippen LogP contribution in [0, 0.1) is 12.7 Å². The monoisotopic (exact) mass is 421 g/mol. The molecule has 0 spiro atoms. The third-order valence-corrected chi connectivity index (χ3v) is 4.36. The van der Waals surface area contributed by atoms with Crippen LogP contribution in [0.25, 0.3) is 0 Å². The van der Waals surface area contributed by atoms with E-state index in [2.05, 4.69) is 20.9 Å². The number of aromatic nitrogens is 3. The predicted octanol–water partition coefficient (Wildman–Crippen LogP) is 3.92. The van der Waals surface area contributed by atoms with Crippen molar-refractivity contribution in [2.75, 3.05) is 10.6 Å². The lowest BCUT2D eigenvalue weighted by Gasteiger charge is -2.08. The molecule has 0 atom stereocenters. The average Bonchev–Trinajstić information content (AvgIpc) is 3.00. The van der Waals surface area contributed by atoms with Gasteiger partial charge in [0.25, 0.3) is 5.91 Å². The number of nitrogens with zero attached hydrogens (tertiary/aromatic N) is 3. The molecule has 28 heavy (non-hydrogen) atoms. The van der Waals surface area contributed by atoms with Gasteiger partial charge in [-0.25, -0.2) is 9.07 Å². The quantitative estimate of drug-likeness (QED) is 0.652. The SMILES string of the molecule is Cc1c(C(=O)Nc2cc(Cl)ccc2Cl)nnn1CC(=O)Nc1ccc(F)cc1. The number of carbonyl (C=O) groups excluding carboxylic acids is 2. The van der Waals surface area contributed by atoms with Crippen molar-refractivity contribution in [3.8, 4) is 0 Å². The first-order valence-corrected chi connectivity index (χ1v) is 8.81. The second-order valence-electron chi connectivity index (χ2n) is 5.81. The fraction of sp³-hybridized carbons (Fsp3) is 0.111. The highest BCUT2D eigenvalue weighted by atomic mass is 35.5. The Morgan fingerprint density at radius 3 is 2.54 bits per heavy atom. The number of halogens is 3. The van der Waals surface area contributed by atoms with Crippen molar-refractivity contribution in [1.82, 2.24) is 15.0 Å². The molecule has 0 unspecified atom stereocenters. The van der Waals surface area contributed by atoms with E-state index in [1.807, 2.05) is 0 Å². The Labute approximate surface area is 169 Å².